The molecular weight excluding hydrogens is 264 g/mol. The molecule has 0 spiro atoms. The van der Waals surface area contributed by atoms with Crippen LogP contribution in [0.25, 0.3) is 0 Å². The lowest BCUT2D eigenvalue weighted by Crippen LogP contribution is -2.14. The average molecular weight is 278 g/mol. The second-order valence-electron chi connectivity index (χ2n) is 4.47. The predicted molar refractivity (Wildman–Crippen MR) is 84.3 cm³/mol. The molecule has 0 saturated heterocycles. The first kappa shape index (κ1) is 12.9. The van der Waals surface area contributed by atoms with Crippen molar-refractivity contribution in [2.75, 3.05) is 10.6 Å². The Morgan fingerprint density at radius 2 is 1.38 bits per heavy atom. The molecule has 3 aromatic rings. The smallest absolute Gasteiger partial charge is 0.342 e. The number of nitrogens with zero attached hydrogens (tertiary/aromatic N) is 1. The Bertz CT molecular complexity index is 706. The standard InChI is InChI=1S/C16H14N4O/c21-16-19-14(17-12-7-3-1-4-8-12)11-15(20-16)18-13-9-5-2-6-10-13/h1-11H,(H3,17,18,19,20,21). The van der Waals surface area contributed by atoms with Crippen LogP contribution in [-0.2, 0) is 0 Å². The fraction of sp³-hybridized carbons (Fsp3) is 0. The van der Waals surface area contributed by atoms with Gasteiger partial charge in [0.1, 0.15) is 11.6 Å². The zero-order valence-corrected chi connectivity index (χ0v) is 11.2. The largest absolute Gasteiger partial charge is 0.348 e. The van der Waals surface area contributed by atoms with Crippen LogP contribution in [0.1, 0.15) is 0 Å². The van der Waals surface area contributed by atoms with Crippen LogP contribution in [0.4, 0.5) is 23.0 Å². The lowest BCUT2D eigenvalue weighted by molar-refractivity contribution is 1.08. The maximum absolute atomic E-state index is 11.6. The minimum absolute atomic E-state index is 0.408. The third kappa shape index (κ3) is 3.48. The quantitative estimate of drug-likeness (QED) is 0.685. The van der Waals surface area contributed by atoms with Gasteiger partial charge in [-0.15, -0.1) is 0 Å². The summed E-state index contributed by atoms with van der Waals surface area (Å²) in [6.07, 6.45) is 0. The van der Waals surface area contributed by atoms with Crippen LogP contribution in [0.15, 0.2) is 71.5 Å². The summed E-state index contributed by atoms with van der Waals surface area (Å²) < 4.78 is 0. The Hall–Kier alpha value is -3.08. The first-order chi connectivity index (χ1) is 10.3. The zero-order chi connectivity index (χ0) is 14.5. The zero-order valence-electron chi connectivity index (χ0n) is 11.2. The molecular formula is C16H14N4O. The van der Waals surface area contributed by atoms with Gasteiger partial charge in [0, 0.05) is 17.4 Å². The van der Waals surface area contributed by atoms with E-state index in [1.807, 2.05) is 60.7 Å². The summed E-state index contributed by atoms with van der Waals surface area (Å²) in [6, 6.07) is 20.9. The molecule has 0 aliphatic carbocycles. The molecule has 104 valence electrons. The van der Waals surface area contributed by atoms with Crippen molar-refractivity contribution in [2.45, 2.75) is 0 Å². The van der Waals surface area contributed by atoms with Gasteiger partial charge in [-0.1, -0.05) is 36.4 Å². The number of para-hydroxylation sites is 2. The Morgan fingerprint density at radius 1 is 0.810 bits per heavy atom. The van der Waals surface area contributed by atoms with Gasteiger partial charge in [-0.25, -0.2) is 4.79 Å². The van der Waals surface area contributed by atoms with Crippen molar-refractivity contribution >= 4 is 23.0 Å². The molecule has 5 heteroatoms. The van der Waals surface area contributed by atoms with Crippen molar-refractivity contribution in [3.8, 4) is 0 Å². The third-order valence-corrected chi connectivity index (χ3v) is 2.84. The number of rotatable bonds is 4. The number of benzene rings is 2. The summed E-state index contributed by atoms with van der Waals surface area (Å²) in [6.45, 7) is 0. The predicted octanol–water partition coefficient (Wildman–Crippen LogP) is 3.26. The number of hydrogen-bond acceptors (Lipinski definition) is 4. The highest BCUT2D eigenvalue weighted by molar-refractivity contribution is 5.62. The fourth-order valence-electron chi connectivity index (χ4n) is 1.94. The minimum Gasteiger partial charge on any atom is -0.342 e. The highest BCUT2D eigenvalue weighted by atomic mass is 16.1. The molecule has 3 N–H and O–H groups in total. The highest BCUT2D eigenvalue weighted by Crippen LogP contribution is 2.17. The van der Waals surface area contributed by atoms with Gasteiger partial charge in [0.15, 0.2) is 0 Å². The van der Waals surface area contributed by atoms with Gasteiger partial charge in [-0.3, -0.25) is 4.98 Å². The van der Waals surface area contributed by atoms with Crippen LogP contribution in [-0.4, -0.2) is 9.97 Å². The van der Waals surface area contributed by atoms with E-state index in [0.717, 1.165) is 11.4 Å². The normalized spacial score (nSPS) is 10.1. The van der Waals surface area contributed by atoms with E-state index < -0.39 is 5.69 Å². The molecule has 0 aliphatic rings. The summed E-state index contributed by atoms with van der Waals surface area (Å²) >= 11 is 0. The molecule has 1 heterocycles. The molecule has 21 heavy (non-hydrogen) atoms. The van der Waals surface area contributed by atoms with E-state index in [9.17, 15) is 4.79 Å². The molecule has 5 nitrogen and oxygen atoms in total. The summed E-state index contributed by atoms with van der Waals surface area (Å²) in [5.41, 5.74) is 1.36. The van der Waals surface area contributed by atoms with Crippen molar-refractivity contribution in [1.82, 2.24) is 9.97 Å². The van der Waals surface area contributed by atoms with Crippen LogP contribution in [0, 0.1) is 0 Å². The molecule has 0 amide bonds. The highest BCUT2D eigenvalue weighted by Gasteiger charge is 2.02. The van der Waals surface area contributed by atoms with Crippen molar-refractivity contribution in [1.29, 1.82) is 0 Å². The number of aromatic amines is 1. The summed E-state index contributed by atoms with van der Waals surface area (Å²) in [7, 11) is 0. The van der Waals surface area contributed by atoms with E-state index in [2.05, 4.69) is 20.6 Å². The second-order valence-corrected chi connectivity index (χ2v) is 4.47. The minimum atomic E-state index is -0.408. The van der Waals surface area contributed by atoms with E-state index in [1.54, 1.807) is 6.07 Å². The van der Waals surface area contributed by atoms with Crippen LogP contribution < -0.4 is 16.3 Å². The maximum Gasteiger partial charge on any atom is 0.348 e. The lowest BCUT2D eigenvalue weighted by Gasteiger charge is -2.09. The van der Waals surface area contributed by atoms with Crippen molar-refractivity contribution < 1.29 is 0 Å². The van der Waals surface area contributed by atoms with Crippen molar-refractivity contribution in [3.63, 3.8) is 0 Å². The Labute approximate surface area is 121 Å². The van der Waals surface area contributed by atoms with E-state index in [0.29, 0.717) is 11.6 Å². The number of hydrogen-bond donors (Lipinski definition) is 3. The van der Waals surface area contributed by atoms with Gasteiger partial charge in [0.25, 0.3) is 0 Å². The van der Waals surface area contributed by atoms with E-state index in [1.165, 1.54) is 0 Å². The van der Waals surface area contributed by atoms with Crippen LogP contribution in [0.5, 0.6) is 0 Å². The van der Waals surface area contributed by atoms with Crippen LogP contribution in [0.3, 0.4) is 0 Å². The molecule has 0 fully saturated rings. The first-order valence-corrected chi connectivity index (χ1v) is 6.55. The second kappa shape index (κ2) is 5.92. The molecule has 0 saturated carbocycles. The fourth-order valence-corrected chi connectivity index (χ4v) is 1.94. The van der Waals surface area contributed by atoms with Crippen molar-refractivity contribution in [3.05, 3.63) is 77.2 Å². The van der Waals surface area contributed by atoms with E-state index in [4.69, 9.17) is 0 Å². The van der Waals surface area contributed by atoms with E-state index >= 15 is 0 Å². The Balaban J connectivity index is 1.85. The van der Waals surface area contributed by atoms with Gasteiger partial charge in [-0.05, 0) is 24.3 Å². The number of anilines is 4. The average Bonchev–Trinajstić information content (AvgIpc) is 2.48. The summed E-state index contributed by atoms with van der Waals surface area (Å²) in [4.78, 5) is 18.2. The van der Waals surface area contributed by atoms with Gasteiger partial charge in [-0.2, -0.15) is 4.98 Å². The first-order valence-electron chi connectivity index (χ1n) is 6.55. The van der Waals surface area contributed by atoms with Crippen LogP contribution >= 0.6 is 0 Å². The lowest BCUT2D eigenvalue weighted by atomic mass is 10.3. The Morgan fingerprint density at radius 3 is 2.00 bits per heavy atom. The Kier molecular flexibility index (Phi) is 3.64. The molecule has 2 aromatic carbocycles. The van der Waals surface area contributed by atoms with Gasteiger partial charge < -0.3 is 10.6 Å². The molecule has 0 atom stereocenters. The molecule has 0 radical (unpaired) electrons. The summed E-state index contributed by atoms with van der Waals surface area (Å²) in [5.74, 6) is 1.07. The van der Waals surface area contributed by atoms with Gasteiger partial charge in [0.2, 0.25) is 0 Å². The maximum atomic E-state index is 11.6. The number of aromatic nitrogens is 2. The van der Waals surface area contributed by atoms with E-state index in [-0.39, 0.29) is 0 Å². The number of H-pyrrole nitrogens is 1. The third-order valence-electron chi connectivity index (χ3n) is 2.84. The molecule has 0 bridgehead atoms. The monoisotopic (exact) mass is 278 g/mol. The molecule has 0 aliphatic heterocycles. The molecule has 3 rings (SSSR count). The topological polar surface area (TPSA) is 69.8 Å². The number of nitrogens with one attached hydrogen (secondary N) is 3. The summed E-state index contributed by atoms with van der Waals surface area (Å²) in [5, 5.41) is 6.24. The van der Waals surface area contributed by atoms with Crippen LogP contribution in [0.2, 0.25) is 0 Å². The molecule has 1 aromatic heterocycles. The van der Waals surface area contributed by atoms with Crippen molar-refractivity contribution in [2.24, 2.45) is 0 Å². The van der Waals surface area contributed by atoms with Gasteiger partial charge in [0.05, 0.1) is 0 Å². The SMILES string of the molecule is O=c1nc(Nc2ccccc2)cc(Nc2ccccc2)[nH]1. The van der Waals surface area contributed by atoms with Gasteiger partial charge >= 0.3 is 5.69 Å². The molecule has 0 unspecified atom stereocenters.